The number of aryl methyl sites for hydroxylation is 1. The van der Waals surface area contributed by atoms with Crippen LogP contribution in [0, 0.1) is 12.8 Å². The second kappa shape index (κ2) is 5.94. The zero-order valence-corrected chi connectivity index (χ0v) is 11.9. The fourth-order valence-electron chi connectivity index (χ4n) is 2.45. The summed E-state index contributed by atoms with van der Waals surface area (Å²) in [4.78, 5) is 8.39. The topological polar surface area (TPSA) is 28.2 Å². The first-order chi connectivity index (χ1) is 8.20. The average Bonchev–Trinajstić information content (AvgIpc) is 2.94. The van der Waals surface area contributed by atoms with E-state index in [0.29, 0.717) is 6.04 Å². The van der Waals surface area contributed by atoms with E-state index in [-0.39, 0.29) is 0 Å². The first-order valence-electron chi connectivity index (χ1n) is 6.57. The van der Waals surface area contributed by atoms with Crippen LogP contribution in [0.5, 0.6) is 0 Å². The zero-order chi connectivity index (χ0) is 12.3. The van der Waals surface area contributed by atoms with Gasteiger partial charge in [0.05, 0.1) is 6.04 Å². The van der Waals surface area contributed by atoms with Gasteiger partial charge in [-0.25, -0.2) is 4.98 Å². The normalized spacial score (nSPS) is 23.1. The van der Waals surface area contributed by atoms with Crippen molar-refractivity contribution in [2.45, 2.75) is 33.2 Å². The molecule has 3 nitrogen and oxygen atoms in total. The van der Waals surface area contributed by atoms with Crippen LogP contribution in [-0.2, 0) is 0 Å². The molecule has 0 radical (unpaired) electrons. The van der Waals surface area contributed by atoms with Crippen LogP contribution in [0.2, 0.25) is 0 Å². The number of thiazole rings is 1. The molecule has 2 rings (SSSR count). The van der Waals surface area contributed by atoms with Crippen LogP contribution in [0.25, 0.3) is 0 Å². The first-order valence-corrected chi connectivity index (χ1v) is 7.39. The fourth-order valence-corrected chi connectivity index (χ4v) is 3.31. The highest BCUT2D eigenvalue weighted by Gasteiger charge is 2.27. The van der Waals surface area contributed by atoms with Gasteiger partial charge in [-0.3, -0.25) is 4.90 Å². The summed E-state index contributed by atoms with van der Waals surface area (Å²) in [6.45, 7) is 11.3. The first kappa shape index (κ1) is 13.0. The summed E-state index contributed by atoms with van der Waals surface area (Å²) in [5.74, 6) is 0.818. The van der Waals surface area contributed by atoms with Crippen molar-refractivity contribution in [2.24, 2.45) is 5.92 Å². The molecule has 4 heteroatoms. The van der Waals surface area contributed by atoms with E-state index in [1.165, 1.54) is 29.4 Å². The van der Waals surface area contributed by atoms with Gasteiger partial charge in [0.2, 0.25) is 0 Å². The van der Waals surface area contributed by atoms with E-state index < -0.39 is 0 Å². The van der Waals surface area contributed by atoms with Crippen LogP contribution in [0.3, 0.4) is 0 Å². The molecule has 0 saturated carbocycles. The van der Waals surface area contributed by atoms with Crippen LogP contribution in [0.1, 0.15) is 36.2 Å². The predicted molar refractivity (Wildman–Crippen MR) is 73.5 cm³/mol. The Labute approximate surface area is 108 Å². The van der Waals surface area contributed by atoms with E-state index in [9.17, 15) is 0 Å². The van der Waals surface area contributed by atoms with Crippen molar-refractivity contribution in [1.82, 2.24) is 15.2 Å². The Morgan fingerprint density at radius 1 is 1.65 bits per heavy atom. The molecule has 17 heavy (non-hydrogen) atoms. The number of rotatable bonds is 5. The molecule has 0 bridgehead atoms. The molecule has 1 N–H and O–H groups in total. The van der Waals surface area contributed by atoms with Crippen molar-refractivity contribution < 1.29 is 0 Å². The van der Waals surface area contributed by atoms with Crippen molar-refractivity contribution >= 4 is 11.3 Å². The molecule has 1 saturated heterocycles. The van der Waals surface area contributed by atoms with Gasteiger partial charge in [0, 0.05) is 17.6 Å². The van der Waals surface area contributed by atoms with Gasteiger partial charge in [-0.2, -0.15) is 0 Å². The largest absolute Gasteiger partial charge is 0.317 e. The Kier molecular flexibility index (Phi) is 4.54. The number of hydrogen-bond acceptors (Lipinski definition) is 4. The number of likely N-dealkylation sites (tertiary alicyclic amines) is 1. The Bertz CT molecular complexity index is 350. The van der Waals surface area contributed by atoms with Crippen molar-refractivity contribution in [2.75, 3.05) is 26.2 Å². The summed E-state index contributed by atoms with van der Waals surface area (Å²) >= 11 is 1.83. The maximum atomic E-state index is 4.51. The molecule has 0 spiro atoms. The average molecular weight is 253 g/mol. The van der Waals surface area contributed by atoms with Crippen molar-refractivity contribution in [3.05, 3.63) is 16.1 Å². The molecule has 2 heterocycles. The molecule has 0 aliphatic carbocycles. The summed E-state index contributed by atoms with van der Waals surface area (Å²) in [6.07, 6.45) is 3.31. The lowest BCUT2D eigenvalue weighted by Gasteiger charge is -2.22. The minimum atomic E-state index is 0.486. The lowest BCUT2D eigenvalue weighted by molar-refractivity contribution is 0.251. The fraction of sp³-hybridized carbons (Fsp3) is 0.769. The minimum absolute atomic E-state index is 0.486. The number of aromatic nitrogens is 1. The van der Waals surface area contributed by atoms with Gasteiger partial charge in [0.25, 0.3) is 0 Å². The highest BCUT2D eigenvalue weighted by Crippen LogP contribution is 2.29. The van der Waals surface area contributed by atoms with Crippen molar-refractivity contribution in [1.29, 1.82) is 0 Å². The van der Waals surface area contributed by atoms with Gasteiger partial charge in [-0.15, -0.1) is 11.3 Å². The van der Waals surface area contributed by atoms with E-state index in [2.05, 4.69) is 36.0 Å². The molecule has 1 aromatic heterocycles. The van der Waals surface area contributed by atoms with Crippen LogP contribution >= 0.6 is 11.3 Å². The van der Waals surface area contributed by atoms with Gasteiger partial charge in [-0.05, 0) is 45.8 Å². The van der Waals surface area contributed by atoms with Gasteiger partial charge in [0.15, 0.2) is 0 Å². The minimum Gasteiger partial charge on any atom is -0.317 e. The molecule has 1 fully saturated rings. The molecule has 1 aliphatic rings. The molecule has 1 aliphatic heterocycles. The quantitative estimate of drug-likeness (QED) is 0.873. The van der Waals surface area contributed by atoms with E-state index in [0.717, 1.165) is 19.0 Å². The highest BCUT2D eigenvalue weighted by atomic mass is 32.1. The Morgan fingerprint density at radius 3 is 3.12 bits per heavy atom. The van der Waals surface area contributed by atoms with Crippen LogP contribution in [0.15, 0.2) is 6.20 Å². The standard InChI is InChI=1S/C13H23N3S/c1-4-14-8-12-5-6-16(9-12)11(3)13-15-7-10(2)17-13/h7,11-12,14H,4-6,8-9H2,1-3H3. The predicted octanol–water partition coefficient (Wildman–Crippen LogP) is 2.44. The molecule has 2 atom stereocenters. The maximum absolute atomic E-state index is 4.51. The lowest BCUT2D eigenvalue weighted by Crippen LogP contribution is -2.28. The highest BCUT2D eigenvalue weighted by molar-refractivity contribution is 7.11. The molecule has 0 aromatic carbocycles. The molecular weight excluding hydrogens is 230 g/mol. The SMILES string of the molecule is CCNCC1CCN(C(C)c2ncc(C)s2)C1. The molecule has 1 aromatic rings. The summed E-state index contributed by atoms with van der Waals surface area (Å²) in [5, 5.41) is 4.72. The second-order valence-corrected chi connectivity index (χ2v) is 6.21. The van der Waals surface area contributed by atoms with E-state index >= 15 is 0 Å². The summed E-state index contributed by atoms with van der Waals surface area (Å²) in [6, 6.07) is 0.486. The van der Waals surface area contributed by atoms with E-state index in [4.69, 9.17) is 0 Å². The Hall–Kier alpha value is -0.450. The van der Waals surface area contributed by atoms with Crippen LogP contribution < -0.4 is 5.32 Å². The number of nitrogens with one attached hydrogen (secondary N) is 1. The molecular formula is C13H23N3S. The Morgan fingerprint density at radius 2 is 2.47 bits per heavy atom. The van der Waals surface area contributed by atoms with E-state index in [1.54, 1.807) is 0 Å². The third kappa shape index (κ3) is 3.27. The lowest BCUT2D eigenvalue weighted by atomic mass is 10.1. The third-order valence-corrected chi connectivity index (χ3v) is 4.63. The van der Waals surface area contributed by atoms with Gasteiger partial charge in [-0.1, -0.05) is 6.92 Å². The second-order valence-electron chi connectivity index (χ2n) is 4.94. The number of hydrogen-bond donors (Lipinski definition) is 1. The summed E-state index contributed by atoms with van der Waals surface area (Å²) in [5.41, 5.74) is 0. The number of nitrogens with zero attached hydrogens (tertiary/aromatic N) is 2. The van der Waals surface area contributed by atoms with Crippen LogP contribution in [0.4, 0.5) is 0 Å². The summed E-state index contributed by atoms with van der Waals surface area (Å²) in [7, 11) is 0. The third-order valence-electron chi connectivity index (χ3n) is 3.54. The van der Waals surface area contributed by atoms with Gasteiger partial charge in [0.1, 0.15) is 5.01 Å². The molecule has 96 valence electrons. The van der Waals surface area contributed by atoms with Gasteiger partial charge >= 0.3 is 0 Å². The smallest absolute Gasteiger partial charge is 0.110 e. The van der Waals surface area contributed by atoms with Crippen LogP contribution in [-0.4, -0.2) is 36.1 Å². The molecule has 2 unspecified atom stereocenters. The summed E-state index contributed by atoms with van der Waals surface area (Å²) < 4.78 is 0. The van der Waals surface area contributed by atoms with Gasteiger partial charge < -0.3 is 5.32 Å². The monoisotopic (exact) mass is 253 g/mol. The van der Waals surface area contributed by atoms with Crippen molar-refractivity contribution in [3.8, 4) is 0 Å². The zero-order valence-electron chi connectivity index (χ0n) is 11.1. The van der Waals surface area contributed by atoms with Crippen molar-refractivity contribution in [3.63, 3.8) is 0 Å². The van der Waals surface area contributed by atoms with E-state index in [1.807, 2.05) is 17.5 Å². The Balaban J connectivity index is 1.87. The maximum Gasteiger partial charge on any atom is 0.110 e. The molecule has 0 amide bonds.